The Morgan fingerprint density at radius 1 is 1.04 bits per heavy atom. The first-order chi connectivity index (χ1) is 11.6. The monoisotopic (exact) mass is 319 g/mol. The summed E-state index contributed by atoms with van der Waals surface area (Å²) in [5.41, 5.74) is 7.75. The van der Waals surface area contributed by atoms with Gasteiger partial charge >= 0.3 is 0 Å². The van der Waals surface area contributed by atoms with Gasteiger partial charge in [0.05, 0.1) is 7.11 Å². The molecule has 3 rings (SSSR count). The van der Waals surface area contributed by atoms with Gasteiger partial charge in [0.15, 0.2) is 0 Å². The highest BCUT2D eigenvalue weighted by Crippen LogP contribution is 2.37. The third kappa shape index (κ3) is 3.29. The molecule has 1 aliphatic rings. The van der Waals surface area contributed by atoms with Gasteiger partial charge in [0.2, 0.25) is 0 Å². The highest BCUT2D eigenvalue weighted by Gasteiger charge is 2.17. The fourth-order valence-electron chi connectivity index (χ4n) is 3.24. The van der Waals surface area contributed by atoms with Crippen LogP contribution in [0.3, 0.4) is 0 Å². The lowest BCUT2D eigenvalue weighted by molar-refractivity contribution is 0.414. The Bertz CT molecular complexity index is 800. The van der Waals surface area contributed by atoms with Crippen LogP contribution in [0.4, 0.5) is 0 Å². The summed E-state index contributed by atoms with van der Waals surface area (Å²) in [6.07, 6.45) is 7.82. The number of hydrogen-bond donors (Lipinski definition) is 0. The van der Waals surface area contributed by atoms with Gasteiger partial charge in [0.25, 0.3) is 0 Å². The number of methoxy groups -OCH3 is 1. The molecule has 0 aromatic heterocycles. The van der Waals surface area contributed by atoms with Crippen molar-refractivity contribution in [3.05, 3.63) is 70.3 Å². The summed E-state index contributed by atoms with van der Waals surface area (Å²) in [5.74, 6) is 0.897. The van der Waals surface area contributed by atoms with Gasteiger partial charge in [0, 0.05) is 6.54 Å². The lowest BCUT2D eigenvalue weighted by Crippen LogP contribution is -2.12. The van der Waals surface area contributed by atoms with E-state index < -0.39 is 0 Å². The summed E-state index contributed by atoms with van der Waals surface area (Å²) in [6, 6.07) is 12.9. The number of hydrogen-bond acceptors (Lipinski definition) is 2. The Hall–Kier alpha value is -2.32. The Labute approximate surface area is 145 Å². The van der Waals surface area contributed by atoms with E-state index in [1.807, 2.05) is 0 Å². The van der Waals surface area contributed by atoms with Gasteiger partial charge in [-0.1, -0.05) is 42.5 Å². The predicted octanol–water partition coefficient (Wildman–Crippen LogP) is 4.87. The van der Waals surface area contributed by atoms with Crippen molar-refractivity contribution in [2.75, 3.05) is 27.7 Å². The second kappa shape index (κ2) is 7.06. The van der Waals surface area contributed by atoms with Crippen molar-refractivity contribution in [3.63, 3.8) is 0 Å². The number of aryl methyl sites for hydroxylation is 1. The maximum absolute atomic E-state index is 5.41. The minimum atomic E-state index is 0.897. The first kappa shape index (κ1) is 16.5. The van der Waals surface area contributed by atoms with Crippen LogP contribution >= 0.6 is 0 Å². The molecule has 124 valence electrons. The van der Waals surface area contributed by atoms with Crippen LogP contribution in [0, 0.1) is 6.92 Å². The van der Waals surface area contributed by atoms with E-state index in [9.17, 15) is 0 Å². The second-order valence-electron chi connectivity index (χ2n) is 6.54. The molecule has 0 unspecified atom stereocenters. The number of rotatable bonds is 4. The molecule has 2 aromatic carbocycles. The highest BCUT2D eigenvalue weighted by molar-refractivity contribution is 5.95. The number of fused-ring (bicyclic) bond motifs is 2. The molecule has 0 heterocycles. The molecule has 0 atom stereocenters. The molecule has 2 nitrogen and oxygen atoms in total. The lowest BCUT2D eigenvalue weighted by atomic mass is 9.89. The van der Waals surface area contributed by atoms with Crippen LogP contribution in [0.2, 0.25) is 0 Å². The summed E-state index contributed by atoms with van der Waals surface area (Å²) >= 11 is 0. The minimum absolute atomic E-state index is 0.897. The highest BCUT2D eigenvalue weighted by atomic mass is 16.5. The van der Waals surface area contributed by atoms with Crippen molar-refractivity contribution < 1.29 is 4.74 Å². The molecule has 0 N–H and O–H groups in total. The van der Waals surface area contributed by atoms with Crippen LogP contribution in [-0.2, 0) is 0 Å². The van der Waals surface area contributed by atoms with E-state index in [2.05, 4.69) is 80.5 Å². The largest absolute Gasteiger partial charge is 0.497 e. The van der Waals surface area contributed by atoms with Gasteiger partial charge in [-0.2, -0.15) is 0 Å². The molecule has 1 aliphatic carbocycles. The molecule has 0 spiro atoms. The predicted molar refractivity (Wildman–Crippen MR) is 103 cm³/mol. The number of nitrogens with zero attached hydrogens (tertiary/aromatic N) is 1. The van der Waals surface area contributed by atoms with Crippen LogP contribution in [-0.4, -0.2) is 32.6 Å². The standard InChI is InChI=1S/C22H25NO/c1-16-7-5-8-17-10-11-18-15-19(24-4)12-13-20(18)21(22(16)17)9-6-14-23(2)3/h5,7-13,15H,6,14H2,1-4H3/b21-9+. The number of ether oxygens (including phenoxy) is 1. The van der Waals surface area contributed by atoms with E-state index in [0.29, 0.717) is 0 Å². The van der Waals surface area contributed by atoms with E-state index in [4.69, 9.17) is 4.74 Å². The van der Waals surface area contributed by atoms with Crippen molar-refractivity contribution in [2.24, 2.45) is 0 Å². The van der Waals surface area contributed by atoms with Gasteiger partial charge in [-0.3, -0.25) is 0 Å². The first-order valence-electron chi connectivity index (χ1n) is 8.41. The van der Waals surface area contributed by atoms with Gasteiger partial charge < -0.3 is 9.64 Å². The SMILES string of the molecule is COc1ccc2c(c1)C=Cc1cccc(C)c1/C2=C/CCN(C)C. The molecule has 0 saturated carbocycles. The van der Waals surface area contributed by atoms with E-state index in [1.165, 1.54) is 33.4 Å². The molecule has 0 bridgehead atoms. The molecular formula is C22H25NO. The third-order valence-corrected chi connectivity index (χ3v) is 4.49. The van der Waals surface area contributed by atoms with Crippen molar-refractivity contribution in [1.29, 1.82) is 0 Å². The fraction of sp³-hybridized carbons (Fsp3) is 0.273. The number of benzene rings is 2. The van der Waals surface area contributed by atoms with E-state index in [-0.39, 0.29) is 0 Å². The molecule has 0 fully saturated rings. The van der Waals surface area contributed by atoms with E-state index in [0.717, 1.165) is 18.7 Å². The molecule has 24 heavy (non-hydrogen) atoms. The topological polar surface area (TPSA) is 12.5 Å². The van der Waals surface area contributed by atoms with Gasteiger partial charge in [-0.15, -0.1) is 0 Å². The van der Waals surface area contributed by atoms with Crippen molar-refractivity contribution >= 4 is 17.7 Å². The lowest BCUT2D eigenvalue weighted by Gasteiger charge is -2.16. The minimum Gasteiger partial charge on any atom is -0.497 e. The van der Waals surface area contributed by atoms with Crippen LogP contribution in [0.1, 0.15) is 34.2 Å². The van der Waals surface area contributed by atoms with Crippen molar-refractivity contribution in [3.8, 4) is 5.75 Å². The Balaban J connectivity index is 2.16. The van der Waals surface area contributed by atoms with Crippen molar-refractivity contribution in [2.45, 2.75) is 13.3 Å². The molecular weight excluding hydrogens is 294 g/mol. The smallest absolute Gasteiger partial charge is 0.119 e. The van der Waals surface area contributed by atoms with Crippen LogP contribution in [0.25, 0.3) is 17.7 Å². The van der Waals surface area contributed by atoms with E-state index in [1.54, 1.807) is 7.11 Å². The first-order valence-corrected chi connectivity index (χ1v) is 8.41. The Morgan fingerprint density at radius 2 is 1.83 bits per heavy atom. The van der Waals surface area contributed by atoms with E-state index >= 15 is 0 Å². The molecule has 0 radical (unpaired) electrons. The average Bonchev–Trinajstić information content (AvgIpc) is 2.72. The van der Waals surface area contributed by atoms with Crippen LogP contribution < -0.4 is 4.74 Å². The summed E-state index contributed by atoms with van der Waals surface area (Å²) in [6.45, 7) is 3.24. The fourth-order valence-corrected chi connectivity index (χ4v) is 3.24. The van der Waals surface area contributed by atoms with Crippen LogP contribution in [0.5, 0.6) is 5.75 Å². The quantitative estimate of drug-likeness (QED) is 0.680. The van der Waals surface area contributed by atoms with Gasteiger partial charge in [0.1, 0.15) is 5.75 Å². The summed E-state index contributed by atoms with van der Waals surface area (Å²) < 4.78 is 5.41. The molecule has 0 aliphatic heterocycles. The van der Waals surface area contributed by atoms with Gasteiger partial charge in [-0.05, 0) is 73.0 Å². The normalized spacial score (nSPS) is 14.5. The Kier molecular flexibility index (Phi) is 4.86. The average molecular weight is 319 g/mol. The molecule has 0 saturated heterocycles. The zero-order valence-corrected chi connectivity index (χ0v) is 15.0. The zero-order chi connectivity index (χ0) is 17.1. The second-order valence-corrected chi connectivity index (χ2v) is 6.54. The summed E-state index contributed by atoms with van der Waals surface area (Å²) in [5, 5.41) is 0. The third-order valence-electron chi connectivity index (χ3n) is 4.49. The molecule has 2 heteroatoms. The van der Waals surface area contributed by atoms with Crippen LogP contribution in [0.15, 0.2) is 42.5 Å². The molecule has 2 aromatic rings. The molecule has 0 amide bonds. The van der Waals surface area contributed by atoms with Crippen molar-refractivity contribution in [1.82, 2.24) is 4.90 Å². The van der Waals surface area contributed by atoms with Gasteiger partial charge in [-0.25, -0.2) is 0 Å². The summed E-state index contributed by atoms with van der Waals surface area (Å²) in [7, 11) is 5.95. The maximum atomic E-state index is 5.41. The Morgan fingerprint density at radius 3 is 2.58 bits per heavy atom. The summed E-state index contributed by atoms with van der Waals surface area (Å²) in [4.78, 5) is 2.22. The maximum Gasteiger partial charge on any atom is 0.119 e. The zero-order valence-electron chi connectivity index (χ0n) is 15.0.